The van der Waals surface area contributed by atoms with E-state index in [0.29, 0.717) is 11.5 Å². The van der Waals surface area contributed by atoms with Gasteiger partial charge in [0.05, 0.1) is 6.33 Å². The lowest BCUT2D eigenvalue weighted by Gasteiger charge is -2.07. The predicted octanol–water partition coefficient (Wildman–Crippen LogP) is 1.79. The summed E-state index contributed by atoms with van der Waals surface area (Å²) in [5.41, 5.74) is 8.80. The van der Waals surface area contributed by atoms with Crippen LogP contribution in [0.1, 0.15) is 0 Å². The summed E-state index contributed by atoms with van der Waals surface area (Å²) in [4.78, 5) is 20.1. The van der Waals surface area contributed by atoms with Crippen molar-refractivity contribution in [3.63, 3.8) is 0 Å². The quantitative estimate of drug-likeness (QED) is 0.544. The molecule has 3 N–H and O–H groups in total. The third-order valence-corrected chi connectivity index (χ3v) is 3.24. The van der Waals surface area contributed by atoms with Crippen molar-refractivity contribution >= 4 is 16.9 Å². The molecule has 102 valence electrons. The minimum atomic E-state index is 0.622. The Morgan fingerprint density at radius 1 is 1.00 bits per heavy atom. The summed E-state index contributed by atoms with van der Waals surface area (Å²) in [5.74, 6) is 1.49. The Bertz CT molecular complexity index is 904. The van der Waals surface area contributed by atoms with Gasteiger partial charge in [0, 0.05) is 23.6 Å². The average molecular weight is 277 g/mol. The summed E-state index contributed by atoms with van der Waals surface area (Å²) in [6.07, 6.45) is 6.68. The lowest BCUT2D eigenvalue weighted by atomic mass is 10.2. The van der Waals surface area contributed by atoms with E-state index in [1.807, 2.05) is 35.0 Å². The first-order valence-corrected chi connectivity index (χ1v) is 6.36. The maximum Gasteiger partial charge on any atom is 0.182 e. The minimum Gasteiger partial charge on any atom is -0.399 e. The fourth-order valence-corrected chi connectivity index (χ4v) is 2.26. The van der Waals surface area contributed by atoms with E-state index < -0.39 is 0 Å². The number of anilines is 1. The minimum absolute atomic E-state index is 0.622. The van der Waals surface area contributed by atoms with Gasteiger partial charge in [-0.3, -0.25) is 4.57 Å². The van der Waals surface area contributed by atoms with Crippen LogP contribution in [-0.4, -0.2) is 29.5 Å². The highest BCUT2D eigenvalue weighted by molar-refractivity contribution is 5.78. The zero-order chi connectivity index (χ0) is 14.2. The largest absolute Gasteiger partial charge is 0.399 e. The van der Waals surface area contributed by atoms with Crippen LogP contribution in [0.3, 0.4) is 0 Å². The molecule has 0 unspecified atom stereocenters. The molecule has 21 heavy (non-hydrogen) atoms. The number of nitrogens with zero attached hydrogens (tertiary/aromatic N) is 5. The molecule has 7 nitrogen and oxygen atoms in total. The number of nitrogens with two attached hydrogens (primary N) is 1. The highest BCUT2D eigenvalue weighted by Crippen LogP contribution is 2.23. The maximum absolute atomic E-state index is 5.73. The smallest absolute Gasteiger partial charge is 0.182 e. The Labute approximate surface area is 119 Å². The summed E-state index contributed by atoms with van der Waals surface area (Å²) in [6.45, 7) is 0. The Balaban J connectivity index is 1.93. The van der Waals surface area contributed by atoms with Crippen LogP contribution in [0.25, 0.3) is 28.4 Å². The van der Waals surface area contributed by atoms with Gasteiger partial charge >= 0.3 is 0 Å². The van der Waals surface area contributed by atoms with Gasteiger partial charge in [0.2, 0.25) is 0 Å². The maximum atomic E-state index is 5.73. The molecule has 0 amide bonds. The van der Waals surface area contributed by atoms with Gasteiger partial charge in [-0.1, -0.05) is 0 Å². The highest BCUT2D eigenvalue weighted by Gasteiger charge is 2.13. The molecule has 0 aliphatic carbocycles. The van der Waals surface area contributed by atoms with Gasteiger partial charge in [0.1, 0.15) is 17.7 Å². The second-order valence-corrected chi connectivity index (χ2v) is 4.54. The van der Waals surface area contributed by atoms with Gasteiger partial charge in [-0.05, 0) is 24.3 Å². The van der Waals surface area contributed by atoms with Gasteiger partial charge in [-0.15, -0.1) is 0 Å². The van der Waals surface area contributed by atoms with Gasteiger partial charge in [-0.2, -0.15) is 0 Å². The third kappa shape index (κ3) is 1.83. The zero-order valence-electron chi connectivity index (χ0n) is 10.9. The number of aromatic nitrogens is 6. The summed E-state index contributed by atoms with van der Waals surface area (Å²) in [5, 5.41) is 0. The number of hydrogen-bond donors (Lipinski definition) is 2. The molecule has 7 heteroatoms. The SMILES string of the molecule is Nc1ccc(-c2nccn2-c2ncnc3nc[nH]c23)cc1. The molecule has 3 heterocycles. The molecule has 0 radical (unpaired) electrons. The Morgan fingerprint density at radius 2 is 1.86 bits per heavy atom. The Morgan fingerprint density at radius 3 is 2.71 bits per heavy atom. The van der Waals surface area contributed by atoms with Crippen molar-refractivity contribution < 1.29 is 0 Å². The first-order chi connectivity index (χ1) is 10.3. The van der Waals surface area contributed by atoms with Crippen LogP contribution in [0, 0.1) is 0 Å². The van der Waals surface area contributed by atoms with Crippen LogP contribution >= 0.6 is 0 Å². The van der Waals surface area contributed by atoms with Gasteiger partial charge in [0.25, 0.3) is 0 Å². The molecule has 4 aromatic rings. The molecule has 0 saturated carbocycles. The molecular weight excluding hydrogens is 266 g/mol. The number of benzene rings is 1. The van der Waals surface area contributed by atoms with Crippen LogP contribution < -0.4 is 5.73 Å². The first-order valence-electron chi connectivity index (χ1n) is 6.36. The predicted molar refractivity (Wildman–Crippen MR) is 78.7 cm³/mol. The molecular formula is C14H11N7. The standard InChI is InChI=1S/C14H11N7/c15-10-3-1-9(2-4-10)13-16-5-6-21(13)14-11-12(18-7-17-11)19-8-20-14/h1-8H,15H2,(H,17,18,19,20). The second-order valence-electron chi connectivity index (χ2n) is 4.54. The molecule has 0 fully saturated rings. The van der Waals surface area contributed by atoms with E-state index in [9.17, 15) is 0 Å². The number of imidazole rings is 2. The van der Waals surface area contributed by atoms with Crippen molar-refractivity contribution in [2.75, 3.05) is 5.73 Å². The topological polar surface area (TPSA) is 98.3 Å². The highest BCUT2D eigenvalue weighted by atomic mass is 15.2. The lowest BCUT2D eigenvalue weighted by Crippen LogP contribution is -2.01. The summed E-state index contributed by atoms with van der Waals surface area (Å²) < 4.78 is 1.90. The average Bonchev–Trinajstić information content (AvgIpc) is 3.16. The molecule has 1 aromatic carbocycles. The number of hydrogen-bond acceptors (Lipinski definition) is 5. The molecule has 0 aliphatic heterocycles. The van der Waals surface area contributed by atoms with Crippen LogP contribution in [0.5, 0.6) is 0 Å². The normalized spacial score (nSPS) is 11.0. The van der Waals surface area contributed by atoms with Crippen molar-refractivity contribution in [2.24, 2.45) is 0 Å². The molecule has 0 atom stereocenters. The van der Waals surface area contributed by atoms with Crippen molar-refractivity contribution in [1.29, 1.82) is 0 Å². The van der Waals surface area contributed by atoms with Crippen molar-refractivity contribution in [3.8, 4) is 17.2 Å². The molecule has 0 aliphatic rings. The van der Waals surface area contributed by atoms with Crippen LogP contribution in [0.15, 0.2) is 49.3 Å². The number of nitrogens with one attached hydrogen (secondary N) is 1. The number of aromatic amines is 1. The van der Waals surface area contributed by atoms with Crippen molar-refractivity contribution in [2.45, 2.75) is 0 Å². The van der Waals surface area contributed by atoms with E-state index in [-0.39, 0.29) is 0 Å². The molecule has 3 aromatic heterocycles. The van der Waals surface area contributed by atoms with E-state index in [4.69, 9.17) is 5.73 Å². The van der Waals surface area contributed by atoms with Gasteiger partial charge in [-0.25, -0.2) is 19.9 Å². The number of nitrogen functional groups attached to an aromatic ring is 1. The lowest BCUT2D eigenvalue weighted by molar-refractivity contribution is 0.996. The summed E-state index contributed by atoms with van der Waals surface area (Å²) in [7, 11) is 0. The number of rotatable bonds is 2. The summed E-state index contributed by atoms with van der Waals surface area (Å²) in [6, 6.07) is 7.55. The fourth-order valence-electron chi connectivity index (χ4n) is 2.26. The van der Waals surface area contributed by atoms with Crippen LogP contribution in [0.4, 0.5) is 5.69 Å². The van der Waals surface area contributed by atoms with Crippen LogP contribution in [-0.2, 0) is 0 Å². The van der Waals surface area contributed by atoms with E-state index in [0.717, 1.165) is 22.6 Å². The Hall–Kier alpha value is -3.22. The van der Waals surface area contributed by atoms with Gasteiger partial charge < -0.3 is 10.7 Å². The first kappa shape index (κ1) is 11.6. The second kappa shape index (κ2) is 4.41. The number of fused-ring (bicyclic) bond motifs is 1. The van der Waals surface area contributed by atoms with E-state index in [1.54, 1.807) is 12.5 Å². The van der Waals surface area contributed by atoms with Gasteiger partial charge in [0.15, 0.2) is 11.5 Å². The third-order valence-electron chi connectivity index (χ3n) is 3.24. The number of H-pyrrole nitrogens is 1. The Kier molecular flexibility index (Phi) is 2.43. The van der Waals surface area contributed by atoms with E-state index in [2.05, 4.69) is 24.9 Å². The molecule has 4 rings (SSSR count). The van der Waals surface area contributed by atoms with E-state index >= 15 is 0 Å². The van der Waals surface area contributed by atoms with Crippen molar-refractivity contribution in [3.05, 3.63) is 49.3 Å². The molecule has 0 saturated heterocycles. The molecule has 0 spiro atoms. The summed E-state index contributed by atoms with van der Waals surface area (Å²) >= 11 is 0. The van der Waals surface area contributed by atoms with Crippen LogP contribution in [0.2, 0.25) is 0 Å². The monoisotopic (exact) mass is 277 g/mol. The molecule has 0 bridgehead atoms. The van der Waals surface area contributed by atoms with E-state index in [1.165, 1.54) is 6.33 Å². The zero-order valence-corrected chi connectivity index (χ0v) is 10.9. The van der Waals surface area contributed by atoms with Crippen molar-refractivity contribution in [1.82, 2.24) is 29.5 Å². The fraction of sp³-hybridized carbons (Fsp3) is 0.